The molecule has 0 saturated carbocycles. The van der Waals surface area contributed by atoms with Gasteiger partial charge in [0, 0.05) is 37.7 Å². The van der Waals surface area contributed by atoms with Gasteiger partial charge >= 0.3 is 0 Å². The molecule has 4 heterocycles. The minimum atomic E-state index is 0.113. The summed E-state index contributed by atoms with van der Waals surface area (Å²) in [4.78, 5) is 15.6. The van der Waals surface area contributed by atoms with Gasteiger partial charge in [0.15, 0.2) is 0 Å². The molecule has 0 radical (unpaired) electrons. The fraction of sp³-hybridized carbons (Fsp3) is 0.400. The fourth-order valence-corrected chi connectivity index (χ4v) is 3.34. The summed E-state index contributed by atoms with van der Waals surface area (Å²) in [7, 11) is 1.63. The minimum absolute atomic E-state index is 0.113. The largest absolute Gasteiger partial charge is 0.475 e. The minimum Gasteiger partial charge on any atom is -0.475 e. The number of ether oxygens (including phenoxy) is 2. The van der Waals surface area contributed by atoms with Gasteiger partial charge in [0.05, 0.1) is 18.3 Å². The van der Waals surface area contributed by atoms with E-state index in [1.807, 2.05) is 36.5 Å². The molecule has 0 aliphatic carbocycles. The number of rotatable bonds is 8. The summed E-state index contributed by atoms with van der Waals surface area (Å²) in [6, 6.07) is 9.74. The lowest BCUT2D eigenvalue weighted by Gasteiger charge is -2.20. The second-order valence-corrected chi connectivity index (χ2v) is 6.63. The van der Waals surface area contributed by atoms with E-state index in [0.717, 1.165) is 37.2 Å². The zero-order valence-electron chi connectivity index (χ0n) is 15.8. The molecule has 146 valence electrons. The summed E-state index contributed by atoms with van der Waals surface area (Å²) in [6.07, 6.45) is 5.59. The van der Waals surface area contributed by atoms with Crippen LogP contribution in [-0.4, -0.2) is 51.9 Å². The SMILES string of the molecule is COCCOc1cc(-c2noc(C3CCCN3Cc3ccccn3)n2)ccn1. The fourth-order valence-electron chi connectivity index (χ4n) is 3.34. The van der Waals surface area contributed by atoms with Gasteiger partial charge in [0.1, 0.15) is 6.61 Å². The van der Waals surface area contributed by atoms with Crippen LogP contribution in [0.5, 0.6) is 5.88 Å². The van der Waals surface area contributed by atoms with Crippen LogP contribution in [-0.2, 0) is 11.3 Å². The quantitative estimate of drug-likeness (QED) is 0.551. The molecule has 0 aromatic carbocycles. The van der Waals surface area contributed by atoms with Gasteiger partial charge < -0.3 is 14.0 Å². The third-order valence-electron chi connectivity index (χ3n) is 4.71. The van der Waals surface area contributed by atoms with Crippen LogP contribution < -0.4 is 4.74 Å². The second-order valence-electron chi connectivity index (χ2n) is 6.63. The van der Waals surface area contributed by atoms with E-state index in [4.69, 9.17) is 14.0 Å². The maximum atomic E-state index is 5.60. The maximum Gasteiger partial charge on any atom is 0.244 e. The Balaban J connectivity index is 1.47. The van der Waals surface area contributed by atoms with Gasteiger partial charge in [-0.25, -0.2) is 4.98 Å². The molecule has 4 rings (SSSR count). The van der Waals surface area contributed by atoms with Crippen LogP contribution in [0.15, 0.2) is 47.2 Å². The predicted octanol–water partition coefficient (Wildman–Crippen LogP) is 2.89. The Morgan fingerprint density at radius 1 is 1.18 bits per heavy atom. The summed E-state index contributed by atoms with van der Waals surface area (Å²) < 4.78 is 16.2. The Hall–Kier alpha value is -2.84. The van der Waals surface area contributed by atoms with Gasteiger partial charge in [0.2, 0.25) is 17.6 Å². The van der Waals surface area contributed by atoms with Crippen LogP contribution in [0.25, 0.3) is 11.4 Å². The van der Waals surface area contributed by atoms with Crippen molar-refractivity contribution in [3.8, 4) is 17.3 Å². The summed E-state index contributed by atoms with van der Waals surface area (Å²) in [6.45, 7) is 2.71. The van der Waals surface area contributed by atoms with Crippen LogP contribution in [0.1, 0.15) is 30.5 Å². The normalized spacial score (nSPS) is 17.1. The first-order chi connectivity index (χ1) is 13.8. The van der Waals surface area contributed by atoms with Crippen LogP contribution >= 0.6 is 0 Å². The van der Waals surface area contributed by atoms with E-state index >= 15 is 0 Å². The molecule has 1 aliphatic rings. The summed E-state index contributed by atoms with van der Waals surface area (Å²) in [5.41, 5.74) is 1.85. The van der Waals surface area contributed by atoms with Gasteiger partial charge in [-0.15, -0.1) is 0 Å². The van der Waals surface area contributed by atoms with E-state index in [1.165, 1.54) is 0 Å². The Kier molecular flexibility index (Phi) is 5.89. The molecule has 8 heteroatoms. The van der Waals surface area contributed by atoms with Gasteiger partial charge in [-0.2, -0.15) is 4.98 Å². The smallest absolute Gasteiger partial charge is 0.244 e. The Bertz CT molecular complexity index is 886. The predicted molar refractivity (Wildman–Crippen MR) is 102 cm³/mol. The van der Waals surface area contributed by atoms with Crippen LogP contribution in [0.3, 0.4) is 0 Å². The van der Waals surface area contributed by atoms with Crippen molar-refractivity contribution in [2.75, 3.05) is 26.9 Å². The number of nitrogens with zero attached hydrogens (tertiary/aromatic N) is 5. The van der Waals surface area contributed by atoms with Crippen molar-refractivity contribution in [3.63, 3.8) is 0 Å². The van der Waals surface area contributed by atoms with E-state index in [9.17, 15) is 0 Å². The zero-order chi connectivity index (χ0) is 19.2. The summed E-state index contributed by atoms with van der Waals surface area (Å²) in [5, 5.41) is 4.17. The first-order valence-electron chi connectivity index (χ1n) is 9.39. The molecule has 3 aromatic rings. The van der Waals surface area contributed by atoms with Crippen molar-refractivity contribution in [2.45, 2.75) is 25.4 Å². The molecule has 0 bridgehead atoms. The lowest BCUT2D eigenvalue weighted by molar-refractivity contribution is 0.144. The Labute approximate surface area is 163 Å². The van der Waals surface area contributed by atoms with E-state index in [2.05, 4.69) is 25.0 Å². The third-order valence-corrected chi connectivity index (χ3v) is 4.71. The monoisotopic (exact) mass is 381 g/mol. The molecule has 1 saturated heterocycles. The van der Waals surface area contributed by atoms with Crippen molar-refractivity contribution in [1.29, 1.82) is 0 Å². The highest BCUT2D eigenvalue weighted by molar-refractivity contribution is 5.55. The van der Waals surface area contributed by atoms with E-state index in [0.29, 0.717) is 30.8 Å². The van der Waals surface area contributed by atoms with Crippen LogP contribution in [0.4, 0.5) is 0 Å². The number of aromatic nitrogens is 4. The molecule has 8 nitrogen and oxygen atoms in total. The first kappa shape index (κ1) is 18.5. The highest BCUT2D eigenvalue weighted by atomic mass is 16.5. The molecular formula is C20H23N5O3. The summed E-state index contributed by atoms with van der Waals surface area (Å²) in [5.74, 6) is 1.69. The zero-order valence-corrected chi connectivity index (χ0v) is 15.8. The summed E-state index contributed by atoms with van der Waals surface area (Å²) >= 11 is 0. The average molecular weight is 381 g/mol. The van der Waals surface area contributed by atoms with Gasteiger partial charge in [-0.05, 0) is 37.6 Å². The molecule has 1 fully saturated rings. The Morgan fingerprint density at radius 3 is 3.00 bits per heavy atom. The van der Waals surface area contributed by atoms with Crippen molar-refractivity contribution >= 4 is 0 Å². The highest BCUT2D eigenvalue weighted by Crippen LogP contribution is 2.33. The molecule has 1 aliphatic heterocycles. The molecule has 1 atom stereocenters. The molecular weight excluding hydrogens is 358 g/mol. The average Bonchev–Trinajstić information content (AvgIpc) is 3.39. The van der Waals surface area contributed by atoms with Crippen molar-refractivity contribution < 1.29 is 14.0 Å². The lowest BCUT2D eigenvalue weighted by Crippen LogP contribution is -2.23. The number of methoxy groups -OCH3 is 1. The maximum absolute atomic E-state index is 5.60. The third kappa shape index (κ3) is 4.35. The first-order valence-corrected chi connectivity index (χ1v) is 9.39. The van der Waals surface area contributed by atoms with E-state index in [1.54, 1.807) is 13.3 Å². The van der Waals surface area contributed by atoms with Crippen molar-refractivity contribution in [3.05, 3.63) is 54.3 Å². The molecule has 0 amide bonds. The Morgan fingerprint density at radius 2 is 2.14 bits per heavy atom. The van der Waals surface area contributed by atoms with E-state index < -0.39 is 0 Å². The molecule has 1 unspecified atom stereocenters. The number of likely N-dealkylation sites (tertiary alicyclic amines) is 1. The van der Waals surface area contributed by atoms with Crippen molar-refractivity contribution in [2.24, 2.45) is 0 Å². The van der Waals surface area contributed by atoms with Crippen molar-refractivity contribution in [1.82, 2.24) is 25.0 Å². The van der Waals surface area contributed by atoms with Gasteiger partial charge in [-0.1, -0.05) is 11.2 Å². The second kappa shape index (κ2) is 8.90. The lowest BCUT2D eigenvalue weighted by atomic mass is 10.2. The van der Waals surface area contributed by atoms with Crippen LogP contribution in [0.2, 0.25) is 0 Å². The standard InChI is InChI=1S/C20H23N5O3/c1-26-11-12-27-18-13-15(7-9-22-18)19-23-20(28-24-19)17-6-4-10-25(17)14-16-5-2-3-8-21-16/h2-3,5,7-9,13,17H,4,6,10-12,14H2,1H3. The van der Waals surface area contributed by atoms with Crippen LogP contribution in [0, 0.1) is 0 Å². The highest BCUT2D eigenvalue weighted by Gasteiger charge is 2.31. The molecule has 0 N–H and O–H groups in total. The van der Waals surface area contributed by atoms with E-state index in [-0.39, 0.29) is 6.04 Å². The topological polar surface area (TPSA) is 86.4 Å². The molecule has 28 heavy (non-hydrogen) atoms. The van der Waals surface area contributed by atoms with Gasteiger partial charge in [0.25, 0.3) is 0 Å². The molecule has 0 spiro atoms. The molecule has 3 aromatic heterocycles. The van der Waals surface area contributed by atoms with Gasteiger partial charge in [-0.3, -0.25) is 9.88 Å². The number of pyridine rings is 2. The number of hydrogen-bond acceptors (Lipinski definition) is 8. The number of hydrogen-bond donors (Lipinski definition) is 0.